The van der Waals surface area contributed by atoms with E-state index in [1.165, 1.54) is 4.70 Å². The summed E-state index contributed by atoms with van der Waals surface area (Å²) in [7, 11) is 3.18. The molecule has 5 heteroatoms. The van der Waals surface area contributed by atoms with Crippen LogP contribution in [-0.4, -0.2) is 21.9 Å². The Labute approximate surface area is 106 Å². The molecule has 0 aliphatic rings. The quantitative estimate of drug-likeness (QED) is 0.664. The molecule has 0 bridgehead atoms. The maximum absolute atomic E-state index is 9.02. The summed E-state index contributed by atoms with van der Waals surface area (Å²) in [5.41, 5.74) is 1.04. The zero-order valence-electron chi connectivity index (χ0n) is 8.50. The van der Waals surface area contributed by atoms with E-state index in [2.05, 4.69) is 17.6 Å². The Morgan fingerprint density at radius 3 is 3.00 bits per heavy atom. The third-order valence-corrected chi connectivity index (χ3v) is 6.03. The Bertz CT molecular complexity index is 450. The van der Waals surface area contributed by atoms with Crippen molar-refractivity contribution in [1.82, 2.24) is 4.98 Å². The van der Waals surface area contributed by atoms with E-state index in [9.17, 15) is 0 Å². The van der Waals surface area contributed by atoms with Crippen LogP contribution in [0.15, 0.2) is 41.3 Å². The van der Waals surface area contributed by atoms with Crippen LogP contribution in [0.1, 0.15) is 0 Å². The van der Waals surface area contributed by atoms with Gasteiger partial charge < -0.3 is 5.11 Å². The first-order chi connectivity index (χ1) is 7.83. The number of rotatable bonds is 5. The summed E-state index contributed by atoms with van der Waals surface area (Å²) >= 11 is 1.68. The van der Waals surface area contributed by atoms with E-state index in [0.717, 1.165) is 9.86 Å². The summed E-state index contributed by atoms with van der Waals surface area (Å²) in [6, 6.07) is 8.09. The van der Waals surface area contributed by atoms with Crippen molar-refractivity contribution < 1.29 is 5.11 Å². The zero-order valence-corrected chi connectivity index (χ0v) is 10.9. The zero-order chi connectivity index (χ0) is 11.4. The molecular weight excluding hydrogens is 258 g/mol. The van der Waals surface area contributed by atoms with Crippen molar-refractivity contribution >= 4 is 43.1 Å². The minimum absolute atomic E-state index is 0.0667. The first-order valence-corrected chi connectivity index (χ1v) is 7.78. The number of aliphatic hydroxyl groups is 1. The van der Waals surface area contributed by atoms with Gasteiger partial charge in [-0.05, 0) is 22.9 Å². The number of benzene rings is 1. The molecule has 1 heterocycles. The van der Waals surface area contributed by atoms with E-state index >= 15 is 0 Å². The number of aliphatic hydroxyl groups excluding tert-OH is 1. The normalized spacial score (nSPS) is 12.8. The fraction of sp³-hybridized carbons (Fsp3) is 0.182. The number of aromatic nitrogens is 1. The monoisotopic (exact) mass is 269 g/mol. The molecule has 1 unspecified atom stereocenters. The van der Waals surface area contributed by atoms with Crippen LogP contribution < -0.4 is 0 Å². The largest absolute Gasteiger partial charge is 0.395 e. The lowest BCUT2D eigenvalue weighted by Gasteiger charge is -2.04. The van der Waals surface area contributed by atoms with Gasteiger partial charge in [0.2, 0.25) is 0 Å². The van der Waals surface area contributed by atoms with Gasteiger partial charge in [-0.2, -0.15) is 0 Å². The molecule has 0 aliphatic carbocycles. The molecule has 1 aromatic carbocycles. The molecular formula is C11H11NOS3. The molecule has 0 spiro atoms. The lowest BCUT2D eigenvalue weighted by molar-refractivity contribution is 0.307. The second kappa shape index (κ2) is 5.72. The summed E-state index contributed by atoms with van der Waals surface area (Å²) in [5.74, 6) is 0. The minimum Gasteiger partial charge on any atom is -0.395 e. The van der Waals surface area contributed by atoms with Gasteiger partial charge in [0.1, 0.15) is 0 Å². The van der Waals surface area contributed by atoms with Crippen LogP contribution in [-0.2, 0) is 0 Å². The maximum Gasteiger partial charge on any atom is 0.161 e. The second-order valence-electron chi connectivity index (χ2n) is 3.08. The van der Waals surface area contributed by atoms with Gasteiger partial charge in [-0.3, -0.25) is 0 Å². The predicted octanol–water partition coefficient (Wildman–Crippen LogP) is 3.58. The smallest absolute Gasteiger partial charge is 0.161 e. The molecule has 16 heavy (non-hydrogen) atoms. The van der Waals surface area contributed by atoms with Gasteiger partial charge in [0, 0.05) is 0 Å². The third kappa shape index (κ3) is 2.79. The number of hydrogen-bond donors (Lipinski definition) is 1. The summed E-state index contributed by atoms with van der Waals surface area (Å²) in [6.45, 7) is 3.79. The fourth-order valence-electron chi connectivity index (χ4n) is 1.13. The van der Waals surface area contributed by atoms with E-state index in [-0.39, 0.29) is 11.9 Å². The van der Waals surface area contributed by atoms with E-state index in [1.807, 2.05) is 18.2 Å². The third-order valence-electron chi connectivity index (χ3n) is 1.96. The second-order valence-corrected chi connectivity index (χ2v) is 6.80. The maximum atomic E-state index is 9.02. The number of nitrogens with zero attached hydrogens (tertiary/aromatic N) is 1. The molecule has 0 fully saturated rings. The van der Waals surface area contributed by atoms with Gasteiger partial charge in [-0.15, -0.1) is 17.9 Å². The molecule has 0 saturated heterocycles. The summed E-state index contributed by atoms with van der Waals surface area (Å²) in [6.07, 6.45) is 1.75. The fourth-order valence-corrected chi connectivity index (χ4v) is 4.52. The molecule has 1 aromatic heterocycles. The standard InChI is InChI=1S/C11H11NOS3/c1-2-8(7-13)15-16-11-12-9-5-3-4-6-10(9)14-11/h2-6,8,13H,1,7H2. The molecule has 0 amide bonds. The number of para-hydroxylation sites is 1. The minimum atomic E-state index is 0.0667. The molecule has 2 rings (SSSR count). The van der Waals surface area contributed by atoms with E-state index in [4.69, 9.17) is 5.11 Å². The van der Waals surface area contributed by atoms with Crippen LogP contribution in [0.25, 0.3) is 10.2 Å². The molecule has 1 atom stereocenters. The highest BCUT2D eigenvalue weighted by Crippen LogP contribution is 2.38. The van der Waals surface area contributed by atoms with Crippen molar-refractivity contribution in [1.29, 1.82) is 0 Å². The highest BCUT2D eigenvalue weighted by Gasteiger charge is 2.08. The van der Waals surface area contributed by atoms with Crippen LogP contribution in [0.2, 0.25) is 0 Å². The van der Waals surface area contributed by atoms with Crippen molar-refractivity contribution in [3.63, 3.8) is 0 Å². The van der Waals surface area contributed by atoms with Gasteiger partial charge in [-0.25, -0.2) is 4.98 Å². The van der Waals surface area contributed by atoms with Crippen molar-refractivity contribution in [2.75, 3.05) is 6.61 Å². The molecule has 0 aliphatic heterocycles. The van der Waals surface area contributed by atoms with E-state index in [1.54, 1.807) is 39.0 Å². The van der Waals surface area contributed by atoms with Crippen LogP contribution in [0.4, 0.5) is 0 Å². The Balaban J connectivity index is 2.07. The Morgan fingerprint density at radius 2 is 2.31 bits per heavy atom. The summed E-state index contributed by atoms with van der Waals surface area (Å²) in [5, 5.41) is 9.09. The highest BCUT2D eigenvalue weighted by atomic mass is 33.1. The SMILES string of the molecule is C=CC(CO)SSc1nc2ccccc2s1. The number of hydrogen-bond acceptors (Lipinski definition) is 5. The van der Waals surface area contributed by atoms with E-state index < -0.39 is 0 Å². The Morgan fingerprint density at radius 1 is 1.50 bits per heavy atom. The van der Waals surface area contributed by atoms with Crippen LogP contribution >= 0.6 is 32.9 Å². The van der Waals surface area contributed by atoms with Gasteiger partial charge >= 0.3 is 0 Å². The van der Waals surface area contributed by atoms with E-state index in [0.29, 0.717) is 0 Å². The highest BCUT2D eigenvalue weighted by molar-refractivity contribution is 8.77. The first-order valence-electron chi connectivity index (χ1n) is 4.76. The summed E-state index contributed by atoms with van der Waals surface area (Å²) in [4.78, 5) is 4.50. The van der Waals surface area contributed by atoms with Gasteiger partial charge in [-0.1, -0.05) is 29.0 Å². The molecule has 1 N–H and O–H groups in total. The first kappa shape index (κ1) is 12.0. The number of thiazole rings is 1. The van der Waals surface area contributed by atoms with Crippen molar-refractivity contribution in [3.8, 4) is 0 Å². The lowest BCUT2D eigenvalue weighted by Crippen LogP contribution is -2.01. The van der Waals surface area contributed by atoms with Crippen molar-refractivity contribution in [2.24, 2.45) is 0 Å². The molecule has 0 radical (unpaired) electrons. The average molecular weight is 269 g/mol. The van der Waals surface area contributed by atoms with Gasteiger partial charge in [0.05, 0.1) is 22.1 Å². The van der Waals surface area contributed by atoms with Crippen molar-refractivity contribution in [2.45, 2.75) is 9.59 Å². The predicted molar refractivity (Wildman–Crippen MR) is 74.1 cm³/mol. The molecule has 84 valence electrons. The van der Waals surface area contributed by atoms with Crippen LogP contribution in [0, 0.1) is 0 Å². The van der Waals surface area contributed by atoms with Crippen LogP contribution in [0.5, 0.6) is 0 Å². The topological polar surface area (TPSA) is 33.1 Å². The number of fused-ring (bicyclic) bond motifs is 1. The Kier molecular flexibility index (Phi) is 4.29. The Hall–Kier alpha value is -0.490. The van der Waals surface area contributed by atoms with Gasteiger partial charge in [0.25, 0.3) is 0 Å². The van der Waals surface area contributed by atoms with Gasteiger partial charge in [0.15, 0.2) is 4.34 Å². The lowest BCUT2D eigenvalue weighted by atomic mass is 10.3. The molecule has 2 aromatic rings. The average Bonchev–Trinajstić information content (AvgIpc) is 2.73. The summed E-state index contributed by atoms with van der Waals surface area (Å²) < 4.78 is 2.22. The van der Waals surface area contributed by atoms with Crippen molar-refractivity contribution in [3.05, 3.63) is 36.9 Å². The van der Waals surface area contributed by atoms with Crippen LogP contribution in [0.3, 0.4) is 0 Å². The molecule has 0 saturated carbocycles. The molecule has 2 nitrogen and oxygen atoms in total.